The lowest BCUT2D eigenvalue weighted by molar-refractivity contribution is 0.423. The van der Waals surface area contributed by atoms with Crippen molar-refractivity contribution in [3.05, 3.63) is 30.2 Å². The number of nitrogens with zero attached hydrogens (tertiary/aromatic N) is 2. The molecule has 2 aromatic rings. The molecule has 0 amide bonds. The number of anilines is 1. The summed E-state index contributed by atoms with van der Waals surface area (Å²) in [5, 5.41) is 4.22. The van der Waals surface area contributed by atoms with Crippen LogP contribution in [-0.2, 0) is 0 Å². The van der Waals surface area contributed by atoms with Crippen molar-refractivity contribution in [3.8, 4) is 11.1 Å². The molecule has 0 radical (unpaired) electrons. The van der Waals surface area contributed by atoms with Crippen molar-refractivity contribution in [2.24, 2.45) is 10.8 Å². The number of nitrogen functional groups attached to an aromatic ring is 1. The van der Waals surface area contributed by atoms with Crippen molar-refractivity contribution >= 4 is 5.88 Å². The van der Waals surface area contributed by atoms with E-state index in [1.807, 2.05) is 12.1 Å². The van der Waals surface area contributed by atoms with E-state index < -0.39 is 0 Å². The Morgan fingerprint density at radius 3 is 2.21 bits per heavy atom. The summed E-state index contributed by atoms with van der Waals surface area (Å²) in [4.78, 5) is 4.04. The van der Waals surface area contributed by atoms with E-state index in [-0.39, 0.29) is 10.8 Å². The van der Waals surface area contributed by atoms with E-state index in [0.717, 1.165) is 16.8 Å². The Hall–Kier alpha value is -1.84. The number of aromatic nitrogens is 2. The van der Waals surface area contributed by atoms with Crippen LogP contribution in [0.15, 0.2) is 29.0 Å². The van der Waals surface area contributed by atoms with E-state index in [1.54, 1.807) is 12.4 Å². The molecule has 0 aromatic carbocycles. The molecule has 3 rings (SSSR count). The first-order chi connectivity index (χ1) is 8.87. The Morgan fingerprint density at radius 1 is 1.11 bits per heavy atom. The van der Waals surface area contributed by atoms with Crippen molar-refractivity contribution < 1.29 is 4.52 Å². The second kappa shape index (κ2) is 3.59. The van der Waals surface area contributed by atoms with Gasteiger partial charge in [0.1, 0.15) is 0 Å². The van der Waals surface area contributed by atoms with Crippen LogP contribution in [0.3, 0.4) is 0 Å². The number of hydrogen-bond donors (Lipinski definition) is 1. The summed E-state index contributed by atoms with van der Waals surface area (Å²) < 4.78 is 5.25. The highest BCUT2D eigenvalue weighted by Gasteiger charge is 2.67. The highest BCUT2D eigenvalue weighted by Crippen LogP contribution is 2.74. The van der Waals surface area contributed by atoms with Gasteiger partial charge in [0.25, 0.3) is 0 Å². The SMILES string of the molecule is CC1(C)C(c2noc(N)c2-c2ccncc2)C1(C)C. The first kappa shape index (κ1) is 12.2. The van der Waals surface area contributed by atoms with Gasteiger partial charge in [-0.3, -0.25) is 4.98 Å². The molecule has 2 heterocycles. The van der Waals surface area contributed by atoms with Gasteiger partial charge in [0.2, 0.25) is 5.88 Å². The van der Waals surface area contributed by atoms with Crippen LogP contribution in [0.4, 0.5) is 5.88 Å². The average Bonchev–Trinajstić information content (AvgIpc) is 2.64. The molecule has 2 aromatic heterocycles. The fourth-order valence-electron chi connectivity index (χ4n) is 3.20. The van der Waals surface area contributed by atoms with Gasteiger partial charge in [-0.2, -0.15) is 0 Å². The number of rotatable bonds is 2. The van der Waals surface area contributed by atoms with Crippen LogP contribution in [0, 0.1) is 10.8 Å². The second-order valence-corrected chi connectivity index (χ2v) is 6.42. The van der Waals surface area contributed by atoms with Gasteiger partial charge in [0.15, 0.2) is 0 Å². The standard InChI is InChI=1S/C15H19N3O/c1-14(2)12(15(14,3)4)11-10(13(16)19-18-11)9-5-7-17-8-6-9/h5-8,12H,16H2,1-4H3. The van der Waals surface area contributed by atoms with Crippen LogP contribution in [0.25, 0.3) is 11.1 Å². The van der Waals surface area contributed by atoms with Crippen LogP contribution in [0.5, 0.6) is 0 Å². The molecule has 100 valence electrons. The third kappa shape index (κ3) is 1.52. The molecule has 0 saturated heterocycles. The van der Waals surface area contributed by atoms with Gasteiger partial charge in [-0.05, 0) is 28.5 Å². The molecule has 1 aliphatic rings. The third-order valence-electron chi connectivity index (χ3n) is 5.01. The highest BCUT2D eigenvalue weighted by atomic mass is 16.5. The lowest BCUT2D eigenvalue weighted by atomic mass is 10.0. The topological polar surface area (TPSA) is 64.9 Å². The molecule has 4 nitrogen and oxygen atoms in total. The number of pyridine rings is 1. The first-order valence-corrected chi connectivity index (χ1v) is 6.53. The summed E-state index contributed by atoms with van der Waals surface area (Å²) in [7, 11) is 0. The lowest BCUT2D eigenvalue weighted by Gasteiger charge is -2.03. The molecule has 19 heavy (non-hydrogen) atoms. The minimum atomic E-state index is 0.206. The average molecular weight is 257 g/mol. The maximum atomic E-state index is 5.97. The van der Waals surface area contributed by atoms with E-state index in [2.05, 4.69) is 37.8 Å². The van der Waals surface area contributed by atoms with Crippen LogP contribution in [0.1, 0.15) is 39.3 Å². The van der Waals surface area contributed by atoms with Crippen molar-refractivity contribution in [2.75, 3.05) is 5.73 Å². The van der Waals surface area contributed by atoms with Gasteiger partial charge in [-0.25, -0.2) is 0 Å². The molecule has 0 aliphatic heterocycles. The van der Waals surface area contributed by atoms with E-state index in [1.165, 1.54) is 0 Å². The molecule has 4 heteroatoms. The molecule has 0 unspecified atom stereocenters. The van der Waals surface area contributed by atoms with Crippen molar-refractivity contribution in [3.63, 3.8) is 0 Å². The third-order valence-corrected chi connectivity index (χ3v) is 5.01. The largest absolute Gasteiger partial charge is 0.367 e. The van der Waals surface area contributed by atoms with Gasteiger partial charge >= 0.3 is 0 Å². The lowest BCUT2D eigenvalue weighted by Crippen LogP contribution is -1.95. The maximum Gasteiger partial charge on any atom is 0.230 e. The molecule has 1 saturated carbocycles. The Balaban J connectivity index is 2.12. The van der Waals surface area contributed by atoms with Crippen molar-refractivity contribution in [1.29, 1.82) is 0 Å². The first-order valence-electron chi connectivity index (χ1n) is 6.53. The zero-order valence-electron chi connectivity index (χ0n) is 11.8. The van der Waals surface area contributed by atoms with Gasteiger partial charge in [-0.1, -0.05) is 32.9 Å². The second-order valence-electron chi connectivity index (χ2n) is 6.42. The van der Waals surface area contributed by atoms with E-state index in [0.29, 0.717) is 11.8 Å². The molecule has 1 fully saturated rings. The zero-order chi connectivity index (χ0) is 13.8. The molecule has 0 spiro atoms. The van der Waals surface area contributed by atoms with Crippen LogP contribution in [-0.4, -0.2) is 10.1 Å². The summed E-state index contributed by atoms with van der Waals surface area (Å²) in [5.41, 5.74) is 9.29. The summed E-state index contributed by atoms with van der Waals surface area (Å²) in [5.74, 6) is 0.754. The normalized spacial score (nSPS) is 20.4. The zero-order valence-corrected chi connectivity index (χ0v) is 11.8. The quantitative estimate of drug-likeness (QED) is 0.894. The molecular formula is C15H19N3O. The molecule has 0 bridgehead atoms. The number of hydrogen-bond acceptors (Lipinski definition) is 4. The fourth-order valence-corrected chi connectivity index (χ4v) is 3.20. The van der Waals surface area contributed by atoms with Crippen LogP contribution < -0.4 is 5.73 Å². The Labute approximate surface area is 113 Å². The summed E-state index contributed by atoms with van der Waals surface area (Å²) in [6.45, 7) is 9.05. The van der Waals surface area contributed by atoms with Gasteiger partial charge in [-0.15, -0.1) is 0 Å². The van der Waals surface area contributed by atoms with Crippen LogP contribution in [0.2, 0.25) is 0 Å². The minimum absolute atomic E-state index is 0.206. The maximum absolute atomic E-state index is 5.97. The van der Waals surface area contributed by atoms with Crippen molar-refractivity contribution in [2.45, 2.75) is 33.6 Å². The van der Waals surface area contributed by atoms with E-state index in [9.17, 15) is 0 Å². The summed E-state index contributed by atoms with van der Waals surface area (Å²) >= 11 is 0. The molecular weight excluding hydrogens is 238 g/mol. The Bertz CT molecular complexity index is 600. The molecule has 0 atom stereocenters. The Kier molecular flexibility index (Phi) is 2.31. The number of nitrogens with two attached hydrogens (primary N) is 1. The highest BCUT2D eigenvalue weighted by molar-refractivity contribution is 5.76. The van der Waals surface area contributed by atoms with Gasteiger partial charge in [0.05, 0.1) is 11.3 Å². The van der Waals surface area contributed by atoms with Gasteiger partial charge < -0.3 is 10.3 Å². The smallest absolute Gasteiger partial charge is 0.230 e. The monoisotopic (exact) mass is 257 g/mol. The fraction of sp³-hybridized carbons (Fsp3) is 0.467. The minimum Gasteiger partial charge on any atom is -0.367 e. The summed E-state index contributed by atoms with van der Waals surface area (Å²) in [6.07, 6.45) is 3.52. The van der Waals surface area contributed by atoms with Crippen LogP contribution >= 0.6 is 0 Å². The van der Waals surface area contributed by atoms with Crippen molar-refractivity contribution in [1.82, 2.24) is 10.1 Å². The predicted molar refractivity (Wildman–Crippen MR) is 74.4 cm³/mol. The summed E-state index contributed by atoms with van der Waals surface area (Å²) in [6, 6.07) is 3.88. The van der Waals surface area contributed by atoms with Gasteiger partial charge in [0, 0.05) is 18.3 Å². The van der Waals surface area contributed by atoms with E-state index in [4.69, 9.17) is 10.3 Å². The molecule has 1 aliphatic carbocycles. The Morgan fingerprint density at radius 2 is 1.68 bits per heavy atom. The molecule has 2 N–H and O–H groups in total. The predicted octanol–water partition coefficient (Wildman–Crippen LogP) is 3.47. The van der Waals surface area contributed by atoms with E-state index >= 15 is 0 Å².